The van der Waals surface area contributed by atoms with Gasteiger partial charge in [0.2, 0.25) is 0 Å². The second kappa shape index (κ2) is 3.63. The second-order valence-corrected chi connectivity index (χ2v) is 4.81. The van der Waals surface area contributed by atoms with Crippen molar-refractivity contribution in [3.63, 3.8) is 0 Å². The van der Waals surface area contributed by atoms with Gasteiger partial charge >= 0.3 is 0 Å². The van der Waals surface area contributed by atoms with Gasteiger partial charge < -0.3 is 4.74 Å². The summed E-state index contributed by atoms with van der Waals surface area (Å²) in [6.45, 7) is 1.95. The number of fused-ring (bicyclic) bond motifs is 1. The van der Waals surface area contributed by atoms with Crippen molar-refractivity contribution in [3.8, 4) is 5.75 Å². The normalized spacial score (nSPS) is 15.9. The molecule has 0 amide bonds. The fourth-order valence-electron chi connectivity index (χ4n) is 1.51. The molecule has 1 aliphatic heterocycles. The number of rotatable bonds is 1. The van der Waals surface area contributed by atoms with Gasteiger partial charge in [-0.05, 0) is 23.3 Å². The van der Waals surface area contributed by atoms with E-state index in [1.54, 1.807) is 7.11 Å². The molecule has 0 unspecified atom stereocenters. The van der Waals surface area contributed by atoms with Crippen molar-refractivity contribution in [2.24, 2.45) is 0 Å². The minimum Gasteiger partial charge on any atom is -0.495 e. The quantitative estimate of drug-likeness (QED) is 0.584. The Labute approximate surface area is 96.3 Å². The Morgan fingerprint density at radius 1 is 1.38 bits per heavy atom. The summed E-state index contributed by atoms with van der Waals surface area (Å²) in [5.74, 6) is 0.770. The molecule has 13 heavy (non-hydrogen) atoms. The van der Waals surface area contributed by atoms with Gasteiger partial charge in [-0.2, -0.15) is 0 Å². The Kier molecular flexibility index (Phi) is 2.67. The molecule has 0 N–H and O–H groups in total. The van der Waals surface area contributed by atoms with Crippen molar-refractivity contribution in [2.75, 3.05) is 7.11 Å². The van der Waals surface area contributed by atoms with Gasteiger partial charge in [-0.15, -0.1) is 0 Å². The summed E-state index contributed by atoms with van der Waals surface area (Å²) in [7, 11) is 1.64. The van der Waals surface area contributed by atoms with E-state index in [4.69, 9.17) is 16.3 Å². The van der Waals surface area contributed by atoms with Gasteiger partial charge in [0.05, 0.1) is 12.1 Å². The first kappa shape index (κ1) is 9.55. The average Bonchev–Trinajstić information content (AvgIpc) is 2.42. The van der Waals surface area contributed by atoms with E-state index < -0.39 is 0 Å². The predicted octanol–water partition coefficient (Wildman–Crippen LogP) is 3.01. The number of methoxy groups -OCH3 is 1. The lowest BCUT2D eigenvalue weighted by atomic mass is 10.1. The smallest absolute Gasteiger partial charge is 0.137 e. The van der Waals surface area contributed by atoms with Crippen molar-refractivity contribution in [1.82, 2.24) is 3.11 Å². The van der Waals surface area contributed by atoms with Crippen molar-refractivity contribution in [3.05, 3.63) is 28.3 Å². The third kappa shape index (κ3) is 1.78. The van der Waals surface area contributed by atoms with E-state index in [9.17, 15) is 0 Å². The lowest BCUT2D eigenvalue weighted by Gasteiger charge is -2.05. The van der Waals surface area contributed by atoms with Crippen LogP contribution < -0.4 is 4.74 Å². The Morgan fingerprint density at radius 2 is 2.00 bits per heavy atom. The summed E-state index contributed by atoms with van der Waals surface area (Å²) in [4.78, 5) is 0. The van der Waals surface area contributed by atoms with Crippen LogP contribution in [-0.4, -0.2) is 10.2 Å². The van der Waals surface area contributed by atoms with Crippen LogP contribution in [0.15, 0.2) is 12.1 Å². The molecule has 0 aromatic heterocycles. The fourth-order valence-corrected chi connectivity index (χ4v) is 2.51. The highest BCUT2D eigenvalue weighted by Gasteiger charge is 2.18. The fraction of sp³-hybridized carbons (Fsp3) is 0.333. The number of hydrogen-bond acceptors (Lipinski definition) is 2. The third-order valence-corrected chi connectivity index (χ3v) is 3.14. The van der Waals surface area contributed by atoms with Crippen LogP contribution in [0.1, 0.15) is 11.1 Å². The van der Waals surface area contributed by atoms with Crippen LogP contribution in [0.2, 0.25) is 5.02 Å². The molecule has 0 radical (unpaired) electrons. The maximum Gasteiger partial charge on any atom is 0.137 e. The molecule has 1 aliphatic rings. The van der Waals surface area contributed by atoms with Gasteiger partial charge in [0.1, 0.15) is 5.75 Å². The van der Waals surface area contributed by atoms with E-state index in [1.165, 1.54) is 11.1 Å². The molecule has 0 saturated heterocycles. The third-order valence-electron chi connectivity index (χ3n) is 2.16. The molecule has 70 valence electrons. The molecular formula is C9H9ClINO. The molecule has 0 aliphatic carbocycles. The highest BCUT2D eigenvalue weighted by molar-refractivity contribution is 14.1. The first-order valence-corrected chi connectivity index (χ1v) is 5.31. The molecule has 1 aromatic rings. The number of halogens is 2. The Morgan fingerprint density at radius 3 is 2.62 bits per heavy atom. The summed E-state index contributed by atoms with van der Waals surface area (Å²) >= 11 is 8.32. The van der Waals surface area contributed by atoms with Gasteiger partial charge in [-0.1, -0.05) is 11.6 Å². The monoisotopic (exact) mass is 309 g/mol. The summed E-state index contributed by atoms with van der Waals surface area (Å²) in [5, 5.41) is 0.702. The summed E-state index contributed by atoms with van der Waals surface area (Å²) < 4.78 is 7.37. The van der Waals surface area contributed by atoms with Crippen LogP contribution in [0.4, 0.5) is 0 Å². The minimum atomic E-state index is 0.702. The lowest BCUT2D eigenvalue weighted by Crippen LogP contribution is -1.97. The first-order chi connectivity index (χ1) is 6.20. The zero-order chi connectivity index (χ0) is 9.42. The number of hydrogen-bond donors (Lipinski definition) is 0. The standard InChI is InChI=1S/C9H9ClINO/c1-13-9-3-7-5-12(11)4-6(7)2-8(9)10/h2-3H,4-5H2,1H3. The maximum atomic E-state index is 6.01. The van der Waals surface area contributed by atoms with E-state index in [1.807, 2.05) is 12.1 Å². The molecule has 0 saturated carbocycles. The Balaban J connectivity index is 2.44. The minimum absolute atomic E-state index is 0.702. The molecule has 1 heterocycles. The second-order valence-electron chi connectivity index (χ2n) is 3.03. The molecule has 0 fully saturated rings. The van der Waals surface area contributed by atoms with E-state index >= 15 is 0 Å². The average molecular weight is 310 g/mol. The van der Waals surface area contributed by atoms with E-state index in [0.29, 0.717) is 5.02 Å². The molecule has 0 bridgehead atoms. The molecule has 4 heteroatoms. The highest BCUT2D eigenvalue weighted by atomic mass is 127. The van der Waals surface area contributed by atoms with Crippen LogP contribution in [0, 0.1) is 0 Å². The molecule has 0 spiro atoms. The van der Waals surface area contributed by atoms with Gasteiger partial charge in [0.15, 0.2) is 0 Å². The van der Waals surface area contributed by atoms with Gasteiger partial charge in [0.25, 0.3) is 0 Å². The van der Waals surface area contributed by atoms with Crippen molar-refractivity contribution in [1.29, 1.82) is 0 Å². The van der Waals surface area contributed by atoms with Crippen molar-refractivity contribution < 1.29 is 4.74 Å². The first-order valence-electron chi connectivity index (χ1n) is 3.96. The van der Waals surface area contributed by atoms with Crippen molar-refractivity contribution >= 4 is 34.5 Å². The number of nitrogens with zero attached hydrogens (tertiary/aromatic N) is 1. The molecule has 2 nitrogen and oxygen atoms in total. The van der Waals surface area contributed by atoms with Gasteiger partial charge in [0, 0.05) is 36.0 Å². The molecule has 0 atom stereocenters. The zero-order valence-corrected chi connectivity index (χ0v) is 10.1. The lowest BCUT2D eigenvalue weighted by molar-refractivity contribution is 0.414. The highest BCUT2D eigenvalue weighted by Crippen LogP contribution is 2.33. The molecular weight excluding hydrogens is 300 g/mol. The number of benzene rings is 1. The number of ether oxygens (including phenoxy) is 1. The van der Waals surface area contributed by atoms with Crippen LogP contribution in [0.3, 0.4) is 0 Å². The summed E-state index contributed by atoms with van der Waals surface area (Å²) in [6.07, 6.45) is 0. The Hall–Kier alpha value is -0.000000000000000222. The summed E-state index contributed by atoms with van der Waals surface area (Å²) in [5.41, 5.74) is 2.62. The van der Waals surface area contributed by atoms with Crippen molar-refractivity contribution in [2.45, 2.75) is 13.1 Å². The molecule has 2 rings (SSSR count). The van der Waals surface area contributed by atoms with Gasteiger partial charge in [-0.25, -0.2) is 3.11 Å². The SMILES string of the molecule is COc1cc2c(cc1Cl)CN(I)C2. The summed E-state index contributed by atoms with van der Waals surface area (Å²) in [6, 6.07) is 4.02. The predicted molar refractivity (Wildman–Crippen MR) is 61.3 cm³/mol. The van der Waals surface area contributed by atoms with E-state index in [-0.39, 0.29) is 0 Å². The topological polar surface area (TPSA) is 12.5 Å². The maximum absolute atomic E-state index is 6.01. The largest absolute Gasteiger partial charge is 0.495 e. The van der Waals surface area contributed by atoms with E-state index in [0.717, 1.165) is 18.8 Å². The van der Waals surface area contributed by atoms with Gasteiger partial charge in [-0.3, -0.25) is 0 Å². The van der Waals surface area contributed by atoms with Crippen LogP contribution in [0.5, 0.6) is 5.75 Å². The van der Waals surface area contributed by atoms with Crippen LogP contribution >= 0.6 is 34.5 Å². The molecule has 1 aromatic carbocycles. The zero-order valence-electron chi connectivity index (χ0n) is 7.18. The van der Waals surface area contributed by atoms with Crippen LogP contribution in [0.25, 0.3) is 0 Å². The van der Waals surface area contributed by atoms with E-state index in [2.05, 4.69) is 26.0 Å². The Bertz CT molecular complexity index is 343. The van der Waals surface area contributed by atoms with Crippen LogP contribution in [-0.2, 0) is 13.1 Å².